The van der Waals surface area contributed by atoms with Crippen LogP contribution in [0.15, 0.2) is 66.7 Å². The number of aryl methyl sites for hydroxylation is 2. The molecule has 0 saturated heterocycles. The molecule has 1 aromatic heterocycles. The van der Waals surface area contributed by atoms with Crippen LogP contribution in [0.1, 0.15) is 37.6 Å². The van der Waals surface area contributed by atoms with Crippen molar-refractivity contribution in [3.8, 4) is 16.9 Å². The molecule has 0 aliphatic carbocycles. The number of nitrogens with zero attached hydrogens (tertiary/aromatic N) is 1. The van der Waals surface area contributed by atoms with Crippen LogP contribution in [0.3, 0.4) is 0 Å². The molecule has 0 saturated carbocycles. The summed E-state index contributed by atoms with van der Waals surface area (Å²) >= 11 is 0. The van der Waals surface area contributed by atoms with Crippen LogP contribution in [0.4, 0.5) is 0 Å². The van der Waals surface area contributed by atoms with Gasteiger partial charge in [0.25, 0.3) is 0 Å². The zero-order valence-electron chi connectivity index (χ0n) is 17.1. The molecule has 1 N–H and O–H groups in total. The number of nitrogens with one attached hydrogen (secondary N) is 1. The number of hydrogen-bond donors (Lipinski definition) is 1. The Morgan fingerprint density at radius 1 is 0.929 bits per heavy atom. The van der Waals surface area contributed by atoms with Crippen molar-refractivity contribution in [1.82, 2.24) is 10.2 Å². The van der Waals surface area contributed by atoms with Gasteiger partial charge in [-0.05, 0) is 53.8 Å². The average Bonchev–Trinajstić information content (AvgIpc) is 3.14. The highest BCUT2D eigenvalue weighted by Gasteiger charge is 2.09. The number of aromatic nitrogens is 2. The third-order valence-corrected chi connectivity index (χ3v) is 4.76. The fourth-order valence-corrected chi connectivity index (χ4v) is 3.29. The Labute approximate surface area is 167 Å². The molecule has 0 unspecified atom stereocenters. The number of ether oxygens (including phenoxy) is 1. The lowest BCUT2D eigenvalue weighted by Crippen LogP contribution is -1.96. The van der Waals surface area contributed by atoms with Crippen LogP contribution in [0.2, 0.25) is 0 Å². The molecule has 0 bridgehead atoms. The van der Waals surface area contributed by atoms with Gasteiger partial charge in [-0.15, -0.1) is 0 Å². The van der Waals surface area contributed by atoms with Gasteiger partial charge < -0.3 is 4.74 Å². The Kier molecular flexibility index (Phi) is 6.49. The van der Waals surface area contributed by atoms with E-state index in [1.807, 2.05) is 39.0 Å². The smallest absolute Gasteiger partial charge is 0.120 e. The summed E-state index contributed by atoms with van der Waals surface area (Å²) in [5, 5.41) is 8.62. The molecule has 28 heavy (non-hydrogen) atoms. The summed E-state index contributed by atoms with van der Waals surface area (Å²) in [4.78, 5) is 0. The van der Waals surface area contributed by atoms with Crippen molar-refractivity contribution in [3.05, 3.63) is 83.6 Å². The second kappa shape index (κ2) is 9.23. The molecule has 0 aliphatic heterocycles. The third kappa shape index (κ3) is 4.25. The minimum Gasteiger partial charge on any atom is -0.489 e. The normalized spacial score (nSPS) is 10.4. The predicted octanol–water partition coefficient (Wildman–Crippen LogP) is 6.71. The van der Waals surface area contributed by atoms with Crippen molar-refractivity contribution < 1.29 is 4.74 Å². The van der Waals surface area contributed by atoms with E-state index in [4.69, 9.17) is 4.74 Å². The van der Waals surface area contributed by atoms with E-state index in [0.717, 1.165) is 23.4 Å². The summed E-state index contributed by atoms with van der Waals surface area (Å²) in [7, 11) is 0. The maximum absolute atomic E-state index is 5.98. The molecule has 0 atom stereocenters. The van der Waals surface area contributed by atoms with E-state index in [1.54, 1.807) is 0 Å². The Balaban J connectivity index is 0.00000109. The topological polar surface area (TPSA) is 37.9 Å². The molecule has 0 radical (unpaired) electrons. The highest BCUT2D eigenvalue weighted by atomic mass is 16.5. The molecule has 0 fully saturated rings. The van der Waals surface area contributed by atoms with Crippen LogP contribution >= 0.6 is 0 Å². The number of hydrogen-bond acceptors (Lipinski definition) is 2. The van der Waals surface area contributed by atoms with Gasteiger partial charge in [0.05, 0.1) is 5.52 Å². The highest BCUT2D eigenvalue weighted by molar-refractivity contribution is 5.86. The SMILES string of the molecule is CC.CCc1cc(OCc2ccccc2)ccc1-c1ccc2c(C)[nH]nc2c1. The standard InChI is InChI=1S/C23H22N2O.C2H6/c1-3-18-13-20(26-15-17-7-5-4-6-8-17)10-12-22(18)19-9-11-21-16(2)24-25-23(21)14-19;1-2/h4-14H,3,15H2,1-2H3,(H,24,25);1-2H3. The fourth-order valence-electron chi connectivity index (χ4n) is 3.29. The number of fused-ring (bicyclic) bond motifs is 1. The Hall–Kier alpha value is -3.07. The van der Waals surface area contributed by atoms with Gasteiger partial charge in [-0.25, -0.2) is 0 Å². The van der Waals surface area contributed by atoms with Gasteiger partial charge in [-0.3, -0.25) is 5.10 Å². The molecular weight excluding hydrogens is 344 g/mol. The summed E-state index contributed by atoms with van der Waals surface area (Å²) < 4.78 is 5.98. The van der Waals surface area contributed by atoms with Gasteiger partial charge in [-0.2, -0.15) is 5.10 Å². The Morgan fingerprint density at radius 2 is 1.71 bits per heavy atom. The van der Waals surface area contributed by atoms with Crippen LogP contribution in [-0.4, -0.2) is 10.2 Å². The number of H-pyrrole nitrogens is 1. The average molecular weight is 373 g/mol. The summed E-state index contributed by atoms with van der Waals surface area (Å²) in [6.45, 7) is 8.81. The first-order valence-electron chi connectivity index (χ1n) is 9.99. The molecule has 0 spiro atoms. The van der Waals surface area contributed by atoms with Gasteiger partial charge in [0, 0.05) is 11.1 Å². The molecule has 0 amide bonds. The minimum atomic E-state index is 0.585. The summed E-state index contributed by atoms with van der Waals surface area (Å²) in [5.74, 6) is 0.908. The van der Waals surface area contributed by atoms with Gasteiger partial charge >= 0.3 is 0 Å². The molecule has 4 aromatic rings. The Bertz CT molecular complexity index is 1040. The van der Waals surface area contributed by atoms with E-state index in [9.17, 15) is 0 Å². The van der Waals surface area contributed by atoms with Crippen molar-refractivity contribution in [2.45, 2.75) is 40.7 Å². The highest BCUT2D eigenvalue weighted by Crippen LogP contribution is 2.30. The van der Waals surface area contributed by atoms with E-state index in [-0.39, 0.29) is 0 Å². The molecular formula is C25H28N2O. The van der Waals surface area contributed by atoms with E-state index < -0.39 is 0 Å². The first-order valence-corrected chi connectivity index (χ1v) is 9.99. The lowest BCUT2D eigenvalue weighted by Gasteiger charge is -2.12. The van der Waals surface area contributed by atoms with Gasteiger partial charge in [-0.1, -0.05) is 69.3 Å². The monoisotopic (exact) mass is 372 g/mol. The van der Waals surface area contributed by atoms with E-state index in [1.165, 1.54) is 27.6 Å². The van der Waals surface area contributed by atoms with Crippen LogP contribution in [0.25, 0.3) is 22.0 Å². The van der Waals surface area contributed by atoms with E-state index >= 15 is 0 Å². The summed E-state index contributed by atoms with van der Waals surface area (Å²) in [5.41, 5.74) is 6.99. The third-order valence-electron chi connectivity index (χ3n) is 4.76. The lowest BCUT2D eigenvalue weighted by molar-refractivity contribution is 0.306. The van der Waals surface area contributed by atoms with E-state index in [0.29, 0.717) is 6.61 Å². The molecule has 0 aliphatic rings. The predicted molar refractivity (Wildman–Crippen MR) is 118 cm³/mol. The van der Waals surface area contributed by atoms with E-state index in [2.05, 4.69) is 65.7 Å². The van der Waals surface area contributed by atoms with Crippen LogP contribution in [0, 0.1) is 6.92 Å². The van der Waals surface area contributed by atoms with Crippen LogP contribution in [0.5, 0.6) is 5.75 Å². The quantitative estimate of drug-likeness (QED) is 0.423. The maximum Gasteiger partial charge on any atom is 0.120 e. The molecule has 3 nitrogen and oxygen atoms in total. The van der Waals surface area contributed by atoms with Crippen molar-refractivity contribution in [1.29, 1.82) is 0 Å². The van der Waals surface area contributed by atoms with Crippen molar-refractivity contribution in [3.63, 3.8) is 0 Å². The number of rotatable bonds is 5. The molecule has 144 valence electrons. The van der Waals surface area contributed by atoms with Crippen molar-refractivity contribution in [2.75, 3.05) is 0 Å². The van der Waals surface area contributed by atoms with Crippen LogP contribution < -0.4 is 4.74 Å². The largest absolute Gasteiger partial charge is 0.489 e. The second-order valence-corrected chi connectivity index (χ2v) is 6.53. The zero-order chi connectivity index (χ0) is 19.9. The van der Waals surface area contributed by atoms with Gasteiger partial charge in [0.2, 0.25) is 0 Å². The first kappa shape index (κ1) is 19.7. The van der Waals surface area contributed by atoms with Gasteiger partial charge in [0.1, 0.15) is 12.4 Å². The number of benzene rings is 3. The Morgan fingerprint density at radius 3 is 2.46 bits per heavy atom. The summed E-state index contributed by atoms with van der Waals surface area (Å²) in [6, 6.07) is 23.1. The molecule has 4 rings (SSSR count). The fraction of sp³-hybridized carbons (Fsp3) is 0.240. The number of aromatic amines is 1. The second-order valence-electron chi connectivity index (χ2n) is 6.53. The molecule has 1 heterocycles. The minimum absolute atomic E-state index is 0.585. The molecule has 3 aromatic carbocycles. The van der Waals surface area contributed by atoms with Crippen LogP contribution in [-0.2, 0) is 13.0 Å². The van der Waals surface area contributed by atoms with Crippen molar-refractivity contribution in [2.24, 2.45) is 0 Å². The molecule has 3 heteroatoms. The first-order chi connectivity index (χ1) is 13.7. The zero-order valence-corrected chi connectivity index (χ0v) is 17.1. The lowest BCUT2D eigenvalue weighted by atomic mass is 9.97. The summed E-state index contributed by atoms with van der Waals surface area (Å²) in [6.07, 6.45) is 0.954. The van der Waals surface area contributed by atoms with Gasteiger partial charge in [0.15, 0.2) is 0 Å². The van der Waals surface area contributed by atoms with Crippen molar-refractivity contribution >= 4 is 10.9 Å². The maximum atomic E-state index is 5.98.